The number of hydrogen-bond donors (Lipinski definition) is 0. The van der Waals surface area contributed by atoms with E-state index in [4.69, 9.17) is 4.98 Å². The van der Waals surface area contributed by atoms with Crippen molar-refractivity contribution in [3.8, 4) is 0 Å². The van der Waals surface area contributed by atoms with Gasteiger partial charge in [0, 0.05) is 5.39 Å². The molecular weight excluding hydrogens is 218 g/mol. The number of benzene rings is 1. The van der Waals surface area contributed by atoms with Crippen LogP contribution in [-0.2, 0) is 6.42 Å². The molecular formula is C17H17N. The molecule has 1 aromatic heterocycles. The van der Waals surface area contributed by atoms with Crippen LogP contribution in [0.3, 0.4) is 0 Å². The molecule has 90 valence electrons. The molecule has 0 saturated carbocycles. The Bertz CT molecular complexity index is 635. The van der Waals surface area contributed by atoms with Crippen LogP contribution in [0, 0.1) is 0 Å². The molecule has 0 atom stereocenters. The zero-order valence-electron chi connectivity index (χ0n) is 10.7. The van der Waals surface area contributed by atoms with Crippen LogP contribution in [0.4, 0.5) is 0 Å². The van der Waals surface area contributed by atoms with Crippen LogP contribution in [0.1, 0.15) is 31.0 Å². The summed E-state index contributed by atoms with van der Waals surface area (Å²) in [5, 5.41) is 1.23. The van der Waals surface area contributed by atoms with Crippen LogP contribution in [-0.4, -0.2) is 4.98 Å². The number of hydrogen-bond acceptors (Lipinski definition) is 1. The Morgan fingerprint density at radius 3 is 2.83 bits per heavy atom. The van der Waals surface area contributed by atoms with Crippen LogP contribution >= 0.6 is 0 Å². The predicted octanol–water partition coefficient (Wildman–Crippen LogP) is 4.53. The molecule has 0 spiro atoms. The van der Waals surface area contributed by atoms with Gasteiger partial charge in [0.15, 0.2) is 0 Å². The summed E-state index contributed by atoms with van der Waals surface area (Å²) in [5.74, 6) is 0. The van der Waals surface area contributed by atoms with Gasteiger partial charge >= 0.3 is 0 Å². The van der Waals surface area contributed by atoms with E-state index in [0.29, 0.717) is 0 Å². The topological polar surface area (TPSA) is 12.9 Å². The first-order valence-electron chi connectivity index (χ1n) is 6.64. The third-order valence-corrected chi connectivity index (χ3v) is 3.45. The van der Waals surface area contributed by atoms with Gasteiger partial charge < -0.3 is 0 Å². The van der Waals surface area contributed by atoms with Gasteiger partial charge in [-0.1, -0.05) is 43.4 Å². The molecule has 18 heavy (non-hydrogen) atoms. The Hall–Kier alpha value is -1.89. The quantitative estimate of drug-likeness (QED) is 0.745. The number of pyridine rings is 1. The first-order valence-corrected chi connectivity index (χ1v) is 6.64. The normalized spacial score (nSPS) is 14.8. The Morgan fingerprint density at radius 1 is 1.17 bits per heavy atom. The highest BCUT2D eigenvalue weighted by Crippen LogP contribution is 2.26. The number of aryl methyl sites for hydroxylation is 1. The van der Waals surface area contributed by atoms with E-state index >= 15 is 0 Å². The molecule has 0 unspecified atom stereocenters. The maximum Gasteiger partial charge on any atom is 0.0738 e. The number of rotatable bonds is 2. The van der Waals surface area contributed by atoms with Gasteiger partial charge in [0.2, 0.25) is 0 Å². The van der Waals surface area contributed by atoms with Crippen molar-refractivity contribution in [3.63, 3.8) is 0 Å². The van der Waals surface area contributed by atoms with E-state index in [2.05, 4.69) is 55.5 Å². The van der Waals surface area contributed by atoms with Crippen molar-refractivity contribution in [3.05, 3.63) is 59.8 Å². The van der Waals surface area contributed by atoms with Gasteiger partial charge in [-0.25, -0.2) is 4.98 Å². The van der Waals surface area contributed by atoms with E-state index in [9.17, 15) is 0 Å². The zero-order valence-corrected chi connectivity index (χ0v) is 10.7. The standard InChI is InChI=1S/C17H17N/c1-2-13-12-15-10-6-7-11-16(15)18-17(13)14-8-4-3-5-9-14/h4,6-12H,2-3,5H2,1H3. The van der Waals surface area contributed by atoms with Crippen molar-refractivity contribution in [1.82, 2.24) is 4.98 Å². The van der Waals surface area contributed by atoms with E-state index < -0.39 is 0 Å². The molecule has 3 rings (SSSR count). The second-order valence-corrected chi connectivity index (χ2v) is 4.68. The summed E-state index contributed by atoms with van der Waals surface area (Å²) in [4.78, 5) is 4.85. The number of nitrogens with zero attached hydrogens (tertiary/aromatic N) is 1. The van der Waals surface area contributed by atoms with Crippen molar-refractivity contribution in [2.75, 3.05) is 0 Å². The molecule has 0 fully saturated rings. The number of allylic oxidation sites excluding steroid dienone is 4. The maximum absolute atomic E-state index is 4.85. The van der Waals surface area contributed by atoms with Crippen molar-refractivity contribution in [1.29, 1.82) is 0 Å². The van der Waals surface area contributed by atoms with Gasteiger partial charge in [-0.2, -0.15) is 0 Å². The van der Waals surface area contributed by atoms with Crippen molar-refractivity contribution in [2.45, 2.75) is 26.2 Å². The van der Waals surface area contributed by atoms with Gasteiger partial charge in [-0.15, -0.1) is 0 Å². The summed E-state index contributed by atoms with van der Waals surface area (Å²) in [6.45, 7) is 2.20. The molecule has 1 aliphatic carbocycles. The summed E-state index contributed by atoms with van der Waals surface area (Å²) in [6.07, 6.45) is 10.1. The SMILES string of the molecule is CCc1cc2ccccc2nc1C1=CCCC=C1. The molecule has 0 bridgehead atoms. The van der Waals surface area contributed by atoms with Crippen molar-refractivity contribution >= 4 is 16.5 Å². The lowest BCUT2D eigenvalue weighted by molar-refractivity contribution is 1.03. The molecule has 0 radical (unpaired) electrons. The largest absolute Gasteiger partial charge is 0.248 e. The van der Waals surface area contributed by atoms with Gasteiger partial charge in [0.1, 0.15) is 0 Å². The number of fused-ring (bicyclic) bond motifs is 1. The van der Waals surface area contributed by atoms with Gasteiger partial charge in [0.25, 0.3) is 0 Å². The first-order chi connectivity index (χ1) is 8.88. The third-order valence-electron chi connectivity index (χ3n) is 3.45. The van der Waals surface area contributed by atoms with Crippen LogP contribution in [0.25, 0.3) is 16.5 Å². The lowest BCUT2D eigenvalue weighted by atomic mass is 9.97. The molecule has 0 saturated heterocycles. The highest BCUT2D eigenvalue weighted by molar-refractivity contribution is 5.84. The van der Waals surface area contributed by atoms with E-state index in [1.54, 1.807) is 0 Å². The Morgan fingerprint density at radius 2 is 2.06 bits per heavy atom. The van der Waals surface area contributed by atoms with Crippen molar-refractivity contribution < 1.29 is 0 Å². The molecule has 1 heteroatoms. The van der Waals surface area contributed by atoms with Crippen LogP contribution in [0.2, 0.25) is 0 Å². The molecule has 0 N–H and O–H groups in total. The van der Waals surface area contributed by atoms with Crippen LogP contribution in [0.5, 0.6) is 0 Å². The Balaban J connectivity index is 2.20. The van der Waals surface area contributed by atoms with Crippen molar-refractivity contribution in [2.24, 2.45) is 0 Å². The summed E-state index contributed by atoms with van der Waals surface area (Å²) in [7, 11) is 0. The summed E-state index contributed by atoms with van der Waals surface area (Å²) in [5.41, 5.74) is 4.87. The molecule has 1 aliphatic rings. The van der Waals surface area contributed by atoms with E-state index in [1.807, 2.05) is 0 Å². The van der Waals surface area contributed by atoms with Gasteiger partial charge in [0.05, 0.1) is 11.2 Å². The van der Waals surface area contributed by atoms with Gasteiger partial charge in [-0.05, 0) is 42.5 Å². The van der Waals surface area contributed by atoms with Gasteiger partial charge in [-0.3, -0.25) is 0 Å². The smallest absolute Gasteiger partial charge is 0.0738 e. The minimum Gasteiger partial charge on any atom is -0.248 e. The summed E-state index contributed by atoms with van der Waals surface area (Å²) < 4.78 is 0. The lowest BCUT2D eigenvalue weighted by Crippen LogP contribution is -1.97. The summed E-state index contributed by atoms with van der Waals surface area (Å²) >= 11 is 0. The second-order valence-electron chi connectivity index (χ2n) is 4.68. The molecule has 2 aromatic rings. The fourth-order valence-corrected chi connectivity index (χ4v) is 2.47. The lowest BCUT2D eigenvalue weighted by Gasteiger charge is -2.12. The predicted molar refractivity (Wildman–Crippen MR) is 77.5 cm³/mol. The van der Waals surface area contributed by atoms with Crippen LogP contribution < -0.4 is 0 Å². The monoisotopic (exact) mass is 235 g/mol. The highest BCUT2D eigenvalue weighted by Gasteiger charge is 2.09. The minimum atomic E-state index is 1.03. The van der Waals surface area contributed by atoms with E-state index in [1.165, 1.54) is 16.5 Å². The highest BCUT2D eigenvalue weighted by atomic mass is 14.7. The first kappa shape index (κ1) is 11.2. The average molecular weight is 235 g/mol. The molecule has 1 heterocycles. The van der Waals surface area contributed by atoms with E-state index in [-0.39, 0.29) is 0 Å². The Kier molecular flexibility index (Phi) is 2.97. The number of aromatic nitrogens is 1. The second kappa shape index (κ2) is 4.77. The molecule has 0 amide bonds. The fraction of sp³-hybridized carbons (Fsp3) is 0.235. The molecule has 0 aliphatic heterocycles. The Labute approximate surface area is 108 Å². The third kappa shape index (κ3) is 1.97. The summed E-state index contributed by atoms with van der Waals surface area (Å²) in [6, 6.07) is 10.6. The number of para-hydroxylation sites is 1. The van der Waals surface area contributed by atoms with Crippen LogP contribution in [0.15, 0.2) is 48.6 Å². The molecule has 1 aromatic carbocycles. The van der Waals surface area contributed by atoms with E-state index in [0.717, 1.165) is 30.5 Å². The maximum atomic E-state index is 4.85. The average Bonchev–Trinajstić information content (AvgIpc) is 2.46. The minimum absolute atomic E-state index is 1.03. The zero-order chi connectivity index (χ0) is 12.4. The fourth-order valence-electron chi connectivity index (χ4n) is 2.47. The molecule has 1 nitrogen and oxygen atoms in total.